The summed E-state index contributed by atoms with van der Waals surface area (Å²) in [6.07, 6.45) is -3.04. The smallest absolute Gasteiger partial charge is 0.383 e. The topological polar surface area (TPSA) is 67.1 Å². The molecule has 0 aliphatic carbocycles. The third kappa shape index (κ3) is 4.32. The number of rotatable bonds is 3. The number of aromatic nitrogens is 2. The van der Waals surface area contributed by atoms with Gasteiger partial charge in [-0.2, -0.15) is 18.2 Å². The maximum absolute atomic E-state index is 13.6. The molecule has 1 saturated heterocycles. The summed E-state index contributed by atoms with van der Waals surface area (Å²) < 4.78 is 40.9. The van der Waals surface area contributed by atoms with Crippen molar-refractivity contribution in [3.63, 3.8) is 0 Å². The van der Waals surface area contributed by atoms with E-state index in [1.807, 2.05) is 0 Å². The second-order valence-electron chi connectivity index (χ2n) is 8.95. The standard InChI is InChI=1S/C21H28F3N5/c1-19(2)11-14(12-20(3,4)29(19)5)26-18-27-16(13-9-7-6-8-10-13)15(17(25)28-18)21(22,23)24/h6-10,14H,11-12H2,1-5H3,(H3,25,26,27,28). The number of nitrogen functional groups attached to an aromatic ring is 1. The molecule has 29 heavy (non-hydrogen) atoms. The Morgan fingerprint density at radius 3 is 2.10 bits per heavy atom. The Morgan fingerprint density at radius 1 is 1.03 bits per heavy atom. The Labute approximate surface area is 169 Å². The van der Waals surface area contributed by atoms with Crippen molar-refractivity contribution in [2.24, 2.45) is 0 Å². The summed E-state index contributed by atoms with van der Waals surface area (Å²) in [5.74, 6) is -0.448. The van der Waals surface area contributed by atoms with E-state index in [0.717, 1.165) is 12.8 Å². The van der Waals surface area contributed by atoms with Gasteiger partial charge in [0.1, 0.15) is 11.4 Å². The van der Waals surface area contributed by atoms with E-state index in [1.165, 1.54) is 0 Å². The highest BCUT2D eigenvalue weighted by atomic mass is 19.4. The number of nitrogens with zero attached hydrogens (tertiary/aromatic N) is 3. The number of hydrogen-bond donors (Lipinski definition) is 2. The molecule has 1 aliphatic heterocycles. The van der Waals surface area contributed by atoms with Crippen molar-refractivity contribution >= 4 is 11.8 Å². The molecule has 0 radical (unpaired) electrons. The molecule has 8 heteroatoms. The van der Waals surface area contributed by atoms with Crippen LogP contribution in [0.4, 0.5) is 24.9 Å². The summed E-state index contributed by atoms with van der Waals surface area (Å²) in [6.45, 7) is 8.61. The molecule has 158 valence electrons. The first kappa shape index (κ1) is 21.4. The quantitative estimate of drug-likeness (QED) is 0.764. The lowest BCUT2D eigenvalue weighted by atomic mass is 9.77. The zero-order valence-electron chi connectivity index (χ0n) is 17.4. The summed E-state index contributed by atoms with van der Waals surface area (Å²) in [5.41, 5.74) is 4.73. The molecule has 0 unspecified atom stereocenters. The summed E-state index contributed by atoms with van der Waals surface area (Å²) >= 11 is 0. The van der Waals surface area contributed by atoms with Gasteiger partial charge in [-0.25, -0.2) is 4.98 Å². The van der Waals surface area contributed by atoms with Crippen LogP contribution in [-0.2, 0) is 6.18 Å². The van der Waals surface area contributed by atoms with Gasteiger partial charge in [-0.1, -0.05) is 30.3 Å². The van der Waals surface area contributed by atoms with Crippen molar-refractivity contribution in [1.82, 2.24) is 14.9 Å². The highest BCUT2D eigenvalue weighted by Gasteiger charge is 2.43. The number of nitrogens with two attached hydrogens (primary N) is 1. The number of hydrogen-bond acceptors (Lipinski definition) is 5. The molecule has 1 aromatic carbocycles. The fourth-order valence-corrected chi connectivity index (χ4v) is 4.28. The monoisotopic (exact) mass is 407 g/mol. The van der Waals surface area contributed by atoms with E-state index in [9.17, 15) is 13.2 Å². The molecule has 2 heterocycles. The number of benzene rings is 1. The molecular formula is C21H28F3N5. The van der Waals surface area contributed by atoms with Gasteiger partial charge in [-0.05, 0) is 47.6 Å². The highest BCUT2D eigenvalue weighted by Crippen LogP contribution is 2.41. The van der Waals surface area contributed by atoms with Crippen LogP contribution in [0.5, 0.6) is 0 Å². The van der Waals surface area contributed by atoms with Crippen molar-refractivity contribution in [2.75, 3.05) is 18.1 Å². The van der Waals surface area contributed by atoms with Gasteiger partial charge < -0.3 is 11.1 Å². The number of piperidine rings is 1. The zero-order valence-corrected chi connectivity index (χ0v) is 17.4. The molecule has 3 rings (SSSR count). The van der Waals surface area contributed by atoms with E-state index in [0.29, 0.717) is 5.56 Å². The predicted molar refractivity (Wildman–Crippen MR) is 109 cm³/mol. The Kier molecular flexibility index (Phi) is 5.28. The third-order valence-corrected chi connectivity index (χ3v) is 5.91. The van der Waals surface area contributed by atoms with Crippen molar-refractivity contribution in [3.05, 3.63) is 35.9 Å². The molecule has 0 atom stereocenters. The van der Waals surface area contributed by atoms with Crippen LogP contribution in [0.25, 0.3) is 11.3 Å². The summed E-state index contributed by atoms with van der Waals surface area (Å²) in [6, 6.07) is 8.26. The molecule has 0 amide bonds. The van der Waals surface area contributed by atoms with E-state index >= 15 is 0 Å². The highest BCUT2D eigenvalue weighted by molar-refractivity contribution is 5.70. The van der Waals surface area contributed by atoms with Crippen LogP contribution in [0, 0.1) is 0 Å². The molecule has 5 nitrogen and oxygen atoms in total. The number of nitrogens with one attached hydrogen (secondary N) is 1. The lowest BCUT2D eigenvalue weighted by Gasteiger charge is -2.53. The van der Waals surface area contributed by atoms with Crippen LogP contribution in [0.2, 0.25) is 0 Å². The molecule has 1 aromatic heterocycles. The Bertz CT molecular complexity index is 860. The van der Waals surface area contributed by atoms with Crippen LogP contribution in [0.15, 0.2) is 30.3 Å². The number of halogens is 3. The molecular weight excluding hydrogens is 379 g/mol. The molecule has 0 bridgehead atoms. The van der Waals surface area contributed by atoms with Gasteiger partial charge in [-0.15, -0.1) is 0 Å². The average molecular weight is 407 g/mol. The van der Waals surface area contributed by atoms with Crippen molar-refractivity contribution < 1.29 is 13.2 Å². The van der Waals surface area contributed by atoms with E-state index in [4.69, 9.17) is 5.73 Å². The summed E-state index contributed by atoms with van der Waals surface area (Å²) in [7, 11) is 2.09. The Balaban J connectivity index is 2.00. The lowest BCUT2D eigenvalue weighted by Crippen LogP contribution is -2.61. The molecule has 1 fully saturated rings. The Hall–Kier alpha value is -2.35. The van der Waals surface area contributed by atoms with E-state index in [1.54, 1.807) is 30.3 Å². The minimum Gasteiger partial charge on any atom is -0.383 e. The summed E-state index contributed by atoms with van der Waals surface area (Å²) in [4.78, 5) is 10.5. The first-order chi connectivity index (χ1) is 13.3. The maximum Gasteiger partial charge on any atom is 0.422 e. The molecule has 1 aliphatic rings. The van der Waals surface area contributed by atoms with Gasteiger partial charge in [0, 0.05) is 22.7 Å². The number of anilines is 2. The van der Waals surface area contributed by atoms with Crippen molar-refractivity contribution in [1.29, 1.82) is 0 Å². The van der Waals surface area contributed by atoms with Gasteiger partial charge in [0.05, 0.1) is 5.69 Å². The van der Waals surface area contributed by atoms with Gasteiger partial charge in [0.15, 0.2) is 0 Å². The minimum atomic E-state index is -4.65. The normalized spacial score (nSPS) is 19.9. The van der Waals surface area contributed by atoms with E-state index in [2.05, 4.69) is 54.9 Å². The van der Waals surface area contributed by atoms with Crippen molar-refractivity contribution in [3.8, 4) is 11.3 Å². The van der Waals surface area contributed by atoms with Gasteiger partial charge >= 0.3 is 6.18 Å². The average Bonchev–Trinajstić information content (AvgIpc) is 2.58. The van der Waals surface area contributed by atoms with Crippen LogP contribution in [0.1, 0.15) is 46.1 Å². The third-order valence-electron chi connectivity index (χ3n) is 5.91. The lowest BCUT2D eigenvalue weighted by molar-refractivity contribution is -0.136. The van der Waals surface area contributed by atoms with Gasteiger partial charge in [0.2, 0.25) is 5.95 Å². The first-order valence-electron chi connectivity index (χ1n) is 9.62. The van der Waals surface area contributed by atoms with Crippen LogP contribution >= 0.6 is 0 Å². The van der Waals surface area contributed by atoms with E-state index < -0.39 is 17.6 Å². The van der Waals surface area contributed by atoms with Gasteiger partial charge in [-0.3, -0.25) is 4.90 Å². The molecule has 3 N–H and O–H groups in total. The SMILES string of the molecule is CN1C(C)(C)CC(Nc2nc(N)c(C(F)(F)F)c(-c3ccccc3)n2)CC1(C)C. The fraction of sp³-hybridized carbons (Fsp3) is 0.524. The molecule has 2 aromatic rings. The zero-order chi connectivity index (χ0) is 21.6. The molecule has 0 spiro atoms. The number of alkyl halides is 3. The predicted octanol–water partition coefficient (Wildman–Crippen LogP) is 4.81. The second-order valence-corrected chi connectivity index (χ2v) is 8.95. The van der Waals surface area contributed by atoms with Crippen LogP contribution < -0.4 is 11.1 Å². The number of likely N-dealkylation sites (tertiary alicyclic amines) is 1. The largest absolute Gasteiger partial charge is 0.422 e. The van der Waals surface area contributed by atoms with Crippen LogP contribution in [0.3, 0.4) is 0 Å². The second kappa shape index (κ2) is 7.16. The van der Waals surface area contributed by atoms with Crippen molar-refractivity contribution in [2.45, 2.75) is 63.8 Å². The minimum absolute atomic E-state index is 0.0101. The van der Waals surface area contributed by atoms with Crippen LogP contribution in [-0.4, -0.2) is 39.0 Å². The first-order valence-corrected chi connectivity index (χ1v) is 9.62. The Morgan fingerprint density at radius 2 is 1.59 bits per heavy atom. The van der Waals surface area contributed by atoms with Gasteiger partial charge in [0.25, 0.3) is 0 Å². The maximum atomic E-state index is 13.6. The summed E-state index contributed by atoms with van der Waals surface area (Å²) in [5, 5.41) is 3.25. The fourth-order valence-electron chi connectivity index (χ4n) is 4.28. The molecule has 0 saturated carbocycles. The van der Waals surface area contributed by atoms with E-state index in [-0.39, 0.29) is 28.8 Å².